The van der Waals surface area contributed by atoms with Gasteiger partial charge in [-0.15, -0.1) is 0 Å². The molecule has 1 unspecified atom stereocenters. The Bertz CT molecular complexity index is 640. The van der Waals surface area contributed by atoms with Crippen molar-refractivity contribution in [2.45, 2.75) is 38.8 Å². The third-order valence-electron chi connectivity index (χ3n) is 4.32. The predicted molar refractivity (Wildman–Crippen MR) is 82.2 cm³/mol. The SMILES string of the molecule is CC(C)c1c(C(=O)O)cccc1C(=O)N1CCCC(C(F)(F)F)C1. The highest BCUT2D eigenvalue weighted by atomic mass is 19.4. The van der Waals surface area contributed by atoms with Crippen LogP contribution in [0.25, 0.3) is 0 Å². The zero-order valence-corrected chi connectivity index (χ0v) is 13.6. The van der Waals surface area contributed by atoms with Crippen molar-refractivity contribution in [1.29, 1.82) is 0 Å². The van der Waals surface area contributed by atoms with Crippen LogP contribution in [0.2, 0.25) is 0 Å². The summed E-state index contributed by atoms with van der Waals surface area (Å²) in [5, 5.41) is 9.31. The van der Waals surface area contributed by atoms with E-state index in [1.807, 2.05) is 0 Å². The summed E-state index contributed by atoms with van der Waals surface area (Å²) in [5.74, 6) is -3.45. The summed E-state index contributed by atoms with van der Waals surface area (Å²) < 4.78 is 38.8. The van der Waals surface area contributed by atoms with Crippen LogP contribution < -0.4 is 0 Å². The number of likely N-dealkylation sites (tertiary alicyclic amines) is 1. The topological polar surface area (TPSA) is 57.6 Å². The first-order valence-corrected chi connectivity index (χ1v) is 7.85. The zero-order chi connectivity index (χ0) is 18.1. The molecule has 2 rings (SSSR count). The number of halogens is 3. The van der Waals surface area contributed by atoms with Gasteiger partial charge in [0.1, 0.15) is 0 Å². The molecule has 1 amide bonds. The van der Waals surface area contributed by atoms with E-state index in [0.717, 1.165) is 0 Å². The minimum atomic E-state index is -4.33. The van der Waals surface area contributed by atoms with Gasteiger partial charge < -0.3 is 10.0 Å². The van der Waals surface area contributed by atoms with E-state index in [0.29, 0.717) is 5.56 Å². The van der Waals surface area contributed by atoms with Gasteiger partial charge in [-0.1, -0.05) is 19.9 Å². The number of carboxylic acid groups (broad SMARTS) is 1. The molecule has 1 saturated heterocycles. The summed E-state index contributed by atoms with van der Waals surface area (Å²) >= 11 is 0. The van der Waals surface area contributed by atoms with Crippen molar-refractivity contribution in [3.63, 3.8) is 0 Å². The second kappa shape index (κ2) is 6.83. The maximum atomic E-state index is 12.9. The summed E-state index contributed by atoms with van der Waals surface area (Å²) in [4.78, 5) is 25.3. The van der Waals surface area contributed by atoms with Gasteiger partial charge in [-0.2, -0.15) is 13.2 Å². The van der Waals surface area contributed by atoms with Crippen LogP contribution in [-0.4, -0.2) is 41.1 Å². The van der Waals surface area contributed by atoms with Crippen LogP contribution in [0.1, 0.15) is 58.9 Å². The van der Waals surface area contributed by atoms with Crippen LogP contribution in [0.5, 0.6) is 0 Å². The van der Waals surface area contributed by atoms with E-state index in [2.05, 4.69) is 0 Å². The molecule has 1 fully saturated rings. The number of hydrogen-bond acceptors (Lipinski definition) is 2. The fourth-order valence-electron chi connectivity index (χ4n) is 3.16. The molecule has 0 bridgehead atoms. The predicted octanol–water partition coefficient (Wildman–Crippen LogP) is 3.92. The van der Waals surface area contributed by atoms with Crippen molar-refractivity contribution in [3.05, 3.63) is 34.9 Å². The van der Waals surface area contributed by atoms with Gasteiger partial charge in [-0.25, -0.2) is 4.79 Å². The lowest BCUT2D eigenvalue weighted by atomic mass is 9.90. The lowest BCUT2D eigenvalue weighted by molar-refractivity contribution is -0.184. The van der Waals surface area contributed by atoms with E-state index >= 15 is 0 Å². The molecule has 1 atom stereocenters. The van der Waals surface area contributed by atoms with Gasteiger partial charge in [0.25, 0.3) is 5.91 Å². The largest absolute Gasteiger partial charge is 0.478 e. The van der Waals surface area contributed by atoms with E-state index < -0.39 is 24.0 Å². The minimum Gasteiger partial charge on any atom is -0.478 e. The molecular formula is C17H20F3NO3. The number of piperidine rings is 1. The van der Waals surface area contributed by atoms with Gasteiger partial charge >= 0.3 is 12.1 Å². The van der Waals surface area contributed by atoms with Crippen LogP contribution in [0.15, 0.2) is 18.2 Å². The standard InChI is InChI=1S/C17H20F3NO3/c1-10(2)14-12(6-3-7-13(14)16(23)24)15(22)21-8-4-5-11(9-21)17(18,19)20/h3,6-7,10-11H,4-5,8-9H2,1-2H3,(H,23,24). The monoisotopic (exact) mass is 343 g/mol. The van der Waals surface area contributed by atoms with E-state index in [1.54, 1.807) is 13.8 Å². The summed E-state index contributed by atoms with van der Waals surface area (Å²) in [5.41, 5.74) is 0.553. The highest BCUT2D eigenvalue weighted by Gasteiger charge is 2.43. The zero-order valence-electron chi connectivity index (χ0n) is 13.6. The first-order valence-electron chi connectivity index (χ1n) is 7.85. The average Bonchev–Trinajstić information content (AvgIpc) is 2.52. The number of carbonyl (C=O) groups is 2. The number of carboxylic acids is 1. The van der Waals surface area contributed by atoms with Crippen molar-refractivity contribution >= 4 is 11.9 Å². The number of hydrogen-bond donors (Lipinski definition) is 1. The van der Waals surface area contributed by atoms with Crippen LogP contribution in [-0.2, 0) is 0 Å². The Morgan fingerprint density at radius 3 is 2.42 bits per heavy atom. The maximum Gasteiger partial charge on any atom is 0.393 e. The lowest BCUT2D eigenvalue weighted by Crippen LogP contribution is -2.44. The van der Waals surface area contributed by atoms with Crippen LogP contribution in [0.4, 0.5) is 13.2 Å². The van der Waals surface area contributed by atoms with E-state index in [1.165, 1.54) is 23.1 Å². The number of aromatic carboxylic acids is 1. The molecule has 1 heterocycles. The van der Waals surface area contributed by atoms with Crippen molar-refractivity contribution < 1.29 is 27.9 Å². The number of rotatable bonds is 3. The second-order valence-corrected chi connectivity index (χ2v) is 6.36. The van der Waals surface area contributed by atoms with Gasteiger partial charge in [0.15, 0.2) is 0 Å². The van der Waals surface area contributed by atoms with Gasteiger partial charge in [0.2, 0.25) is 0 Å². The smallest absolute Gasteiger partial charge is 0.393 e. The number of amides is 1. The van der Waals surface area contributed by atoms with Gasteiger partial charge in [-0.05, 0) is 36.5 Å². The van der Waals surface area contributed by atoms with Gasteiger partial charge in [0, 0.05) is 18.7 Å². The van der Waals surface area contributed by atoms with Crippen molar-refractivity contribution in [1.82, 2.24) is 4.90 Å². The Morgan fingerprint density at radius 1 is 1.25 bits per heavy atom. The summed E-state index contributed by atoms with van der Waals surface area (Å²) in [6.45, 7) is 3.39. The van der Waals surface area contributed by atoms with E-state index in [9.17, 15) is 27.9 Å². The summed E-state index contributed by atoms with van der Waals surface area (Å²) in [6.07, 6.45) is -4.03. The number of alkyl halides is 3. The third kappa shape index (κ3) is 3.71. The molecule has 4 nitrogen and oxygen atoms in total. The molecule has 1 N–H and O–H groups in total. The van der Waals surface area contributed by atoms with Crippen molar-refractivity contribution in [2.75, 3.05) is 13.1 Å². The lowest BCUT2D eigenvalue weighted by Gasteiger charge is -2.34. The highest BCUT2D eigenvalue weighted by Crippen LogP contribution is 2.34. The second-order valence-electron chi connectivity index (χ2n) is 6.36. The highest BCUT2D eigenvalue weighted by molar-refractivity contribution is 6.00. The first-order chi connectivity index (χ1) is 11.1. The summed E-state index contributed by atoms with van der Waals surface area (Å²) in [6, 6.07) is 4.35. The molecule has 1 aromatic rings. The molecule has 24 heavy (non-hydrogen) atoms. The Labute approximate surface area is 138 Å². The molecule has 0 aliphatic carbocycles. The van der Waals surface area contributed by atoms with E-state index in [-0.39, 0.29) is 43.0 Å². The van der Waals surface area contributed by atoms with Crippen LogP contribution in [0.3, 0.4) is 0 Å². The van der Waals surface area contributed by atoms with E-state index in [4.69, 9.17) is 0 Å². The first kappa shape index (κ1) is 18.3. The van der Waals surface area contributed by atoms with Crippen LogP contribution in [0, 0.1) is 5.92 Å². The molecule has 1 aliphatic rings. The molecule has 1 aliphatic heterocycles. The molecule has 1 aromatic carbocycles. The molecule has 0 saturated carbocycles. The number of benzene rings is 1. The maximum absolute atomic E-state index is 12.9. The van der Waals surface area contributed by atoms with Crippen molar-refractivity contribution in [3.8, 4) is 0 Å². The number of nitrogens with zero attached hydrogens (tertiary/aromatic N) is 1. The molecule has 0 radical (unpaired) electrons. The Balaban J connectivity index is 2.36. The molecule has 0 aromatic heterocycles. The quantitative estimate of drug-likeness (QED) is 0.905. The number of carbonyl (C=O) groups excluding carboxylic acids is 1. The Hall–Kier alpha value is -2.05. The summed E-state index contributed by atoms with van der Waals surface area (Å²) in [7, 11) is 0. The molecule has 132 valence electrons. The third-order valence-corrected chi connectivity index (χ3v) is 4.32. The fraction of sp³-hybridized carbons (Fsp3) is 0.529. The molecule has 7 heteroatoms. The van der Waals surface area contributed by atoms with Crippen molar-refractivity contribution in [2.24, 2.45) is 5.92 Å². The normalized spacial score (nSPS) is 18.8. The Morgan fingerprint density at radius 2 is 1.88 bits per heavy atom. The molecule has 0 spiro atoms. The molecular weight excluding hydrogens is 323 g/mol. The van der Waals surface area contributed by atoms with Gasteiger partial charge in [0.05, 0.1) is 11.5 Å². The average molecular weight is 343 g/mol. The van der Waals surface area contributed by atoms with Gasteiger partial charge in [-0.3, -0.25) is 4.79 Å². The van der Waals surface area contributed by atoms with Crippen LogP contribution >= 0.6 is 0 Å². The fourth-order valence-corrected chi connectivity index (χ4v) is 3.16. The Kier molecular flexibility index (Phi) is 5.20. The minimum absolute atomic E-state index is 0.0134.